The first-order valence-corrected chi connectivity index (χ1v) is 9.98. The molecule has 0 saturated carbocycles. The fraction of sp³-hybridized carbons (Fsp3) is 0.450. The summed E-state index contributed by atoms with van der Waals surface area (Å²) in [5, 5.41) is 11.2. The molecule has 5 heteroatoms. The van der Waals surface area contributed by atoms with Crippen LogP contribution in [0.25, 0.3) is 0 Å². The largest absolute Gasteiger partial charge is 0.493 e. The van der Waals surface area contributed by atoms with Gasteiger partial charge in [-0.05, 0) is 47.4 Å². The van der Waals surface area contributed by atoms with Gasteiger partial charge in [0, 0.05) is 31.5 Å². The Balaban J connectivity index is 1.60. The van der Waals surface area contributed by atoms with Gasteiger partial charge in [-0.1, -0.05) is 25.1 Å². The van der Waals surface area contributed by atoms with Crippen LogP contribution in [-0.4, -0.2) is 32.2 Å². The Morgan fingerprint density at radius 2 is 2.20 bits per heavy atom. The predicted molar refractivity (Wildman–Crippen MR) is 106 cm³/mol. The molecule has 25 heavy (non-hydrogen) atoms. The topological polar surface area (TPSA) is 45.7 Å². The van der Waals surface area contributed by atoms with E-state index in [0.29, 0.717) is 11.8 Å². The third-order valence-corrected chi connectivity index (χ3v) is 5.28. The van der Waals surface area contributed by atoms with E-state index in [4.69, 9.17) is 9.73 Å². The maximum absolute atomic E-state index is 5.76. The monoisotopic (exact) mass is 357 g/mol. The summed E-state index contributed by atoms with van der Waals surface area (Å²) in [5.41, 5.74) is 2.66. The number of rotatable bonds is 6. The third kappa shape index (κ3) is 4.75. The molecule has 0 aliphatic carbocycles. The molecular weight excluding hydrogens is 330 g/mol. The number of guanidine groups is 1. The number of thiophene rings is 1. The van der Waals surface area contributed by atoms with Crippen LogP contribution in [0.15, 0.2) is 46.1 Å². The van der Waals surface area contributed by atoms with Crippen molar-refractivity contribution < 1.29 is 4.74 Å². The van der Waals surface area contributed by atoms with Crippen LogP contribution < -0.4 is 15.4 Å². The summed E-state index contributed by atoms with van der Waals surface area (Å²) in [6, 6.07) is 10.5. The molecule has 0 fully saturated rings. The summed E-state index contributed by atoms with van der Waals surface area (Å²) in [7, 11) is 0. The quantitative estimate of drug-likeness (QED) is 0.607. The minimum atomic E-state index is 0.436. The van der Waals surface area contributed by atoms with E-state index in [2.05, 4.69) is 59.5 Å². The zero-order chi connectivity index (χ0) is 17.5. The minimum Gasteiger partial charge on any atom is -0.493 e. The molecule has 2 heterocycles. The highest BCUT2D eigenvalue weighted by Crippen LogP contribution is 2.32. The first kappa shape index (κ1) is 17.8. The fourth-order valence-corrected chi connectivity index (χ4v) is 3.86. The number of para-hydroxylation sites is 1. The molecule has 134 valence electrons. The maximum Gasteiger partial charge on any atom is 0.191 e. The van der Waals surface area contributed by atoms with Crippen LogP contribution in [-0.2, 0) is 0 Å². The second-order valence-electron chi connectivity index (χ2n) is 6.43. The van der Waals surface area contributed by atoms with Crippen molar-refractivity contribution in [3.8, 4) is 5.75 Å². The summed E-state index contributed by atoms with van der Waals surface area (Å²) in [6.07, 6.45) is 1.04. The van der Waals surface area contributed by atoms with Gasteiger partial charge in [-0.15, -0.1) is 0 Å². The van der Waals surface area contributed by atoms with Gasteiger partial charge < -0.3 is 15.4 Å². The third-order valence-electron chi connectivity index (χ3n) is 4.58. The van der Waals surface area contributed by atoms with Crippen molar-refractivity contribution in [2.45, 2.75) is 32.1 Å². The van der Waals surface area contributed by atoms with Crippen molar-refractivity contribution in [1.82, 2.24) is 10.6 Å². The highest BCUT2D eigenvalue weighted by molar-refractivity contribution is 7.07. The summed E-state index contributed by atoms with van der Waals surface area (Å²) in [4.78, 5) is 4.78. The van der Waals surface area contributed by atoms with E-state index in [0.717, 1.165) is 44.4 Å². The predicted octanol–water partition coefficient (Wildman–Crippen LogP) is 3.97. The molecule has 0 bridgehead atoms. The molecule has 3 rings (SSSR count). The first-order valence-electron chi connectivity index (χ1n) is 9.04. The molecule has 0 radical (unpaired) electrons. The fourth-order valence-electron chi connectivity index (χ4n) is 3.08. The average molecular weight is 358 g/mol. The Labute approximate surface area is 154 Å². The van der Waals surface area contributed by atoms with Crippen molar-refractivity contribution in [3.05, 3.63) is 52.2 Å². The second-order valence-corrected chi connectivity index (χ2v) is 7.21. The van der Waals surface area contributed by atoms with Crippen LogP contribution in [0.3, 0.4) is 0 Å². The molecule has 0 amide bonds. The molecule has 4 nitrogen and oxygen atoms in total. The van der Waals surface area contributed by atoms with E-state index >= 15 is 0 Å². The molecule has 2 atom stereocenters. The van der Waals surface area contributed by atoms with E-state index in [-0.39, 0.29) is 0 Å². The Hall–Kier alpha value is -2.01. The van der Waals surface area contributed by atoms with E-state index in [1.165, 1.54) is 11.1 Å². The molecule has 1 aliphatic rings. The van der Waals surface area contributed by atoms with Gasteiger partial charge in [0.1, 0.15) is 5.75 Å². The van der Waals surface area contributed by atoms with Crippen molar-refractivity contribution in [2.24, 2.45) is 4.99 Å². The van der Waals surface area contributed by atoms with Crippen LogP contribution >= 0.6 is 11.3 Å². The summed E-state index contributed by atoms with van der Waals surface area (Å²) >= 11 is 1.74. The summed E-state index contributed by atoms with van der Waals surface area (Å²) < 4.78 is 5.76. The number of nitrogens with zero attached hydrogens (tertiary/aromatic N) is 1. The molecule has 1 aromatic carbocycles. The zero-order valence-electron chi connectivity index (χ0n) is 15.0. The zero-order valence-corrected chi connectivity index (χ0v) is 15.8. The van der Waals surface area contributed by atoms with Crippen LogP contribution in [0.4, 0.5) is 0 Å². The Morgan fingerprint density at radius 3 is 3.00 bits per heavy atom. The van der Waals surface area contributed by atoms with Gasteiger partial charge in [0.25, 0.3) is 0 Å². The lowest BCUT2D eigenvalue weighted by Gasteiger charge is -2.26. The number of benzene rings is 1. The highest BCUT2D eigenvalue weighted by atomic mass is 32.1. The number of hydrogen-bond donors (Lipinski definition) is 2. The van der Waals surface area contributed by atoms with Crippen molar-refractivity contribution in [3.63, 3.8) is 0 Å². The van der Waals surface area contributed by atoms with Crippen LogP contribution in [0.1, 0.15) is 43.2 Å². The smallest absolute Gasteiger partial charge is 0.191 e. The van der Waals surface area contributed by atoms with Crippen molar-refractivity contribution in [1.29, 1.82) is 0 Å². The molecule has 1 aromatic heterocycles. The van der Waals surface area contributed by atoms with Crippen LogP contribution in [0.5, 0.6) is 5.75 Å². The van der Waals surface area contributed by atoms with Gasteiger partial charge in [0.15, 0.2) is 5.96 Å². The molecule has 2 unspecified atom stereocenters. The number of aliphatic imine (C=N–C) groups is 1. The molecule has 1 aliphatic heterocycles. The Kier molecular flexibility index (Phi) is 6.34. The van der Waals surface area contributed by atoms with E-state index in [9.17, 15) is 0 Å². The van der Waals surface area contributed by atoms with Crippen LogP contribution in [0, 0.1) is 0 Å². The van der Waals surface area contributed by atoms with Gasteiger partial charge >= 0.3 is 0 Å². The molecule has 0 spiro atoms. The van der Waals surface area contributed by atoms with Crippen LogP contribution in [0.2, 0.25) is 0 Å². The summed E-state index contributed by atoms with van der Waals surface area (Å²) in [6.45, 7) is 7.64. The number of fused-ring (bicyclic) bond motifs is 1. The standard InChI is InChI=1S/C20H27N3OS/c1-3-21-20(22-12-15(2)17-9-11-25-14-17)23-13-16-8-10-24-19-7-5-4-6-18(16)19/h4-7,9,11,14-16H,3,8,10,12-13H2,1-2H3,(H2,21,22,23). The number of ether oxygens (including phenoxy) is 1. The Morgan fingerprint density at radius 1 is 1.32 bits per heavy atom. The van der Waals surface area contributed by atoms with E-state index < -0.39 is 0 Å². The molecule has 2 aromatic rings. The minimum absolute atomic E-state index is 0.436. The number of nitrogens with one attached hydrogen (secondary N) is 2. The second kappa shape index (κ2) is 8.90. The lowest BCUT2D eigenvalue weighted by atomic mass is 9.93. The van der Waals surface area contributed by atoms with E-state index in [1.54, 1.807) is 11.3 Å². The van der Waals surface area contributed by atoms with E-state index in [1.807, 2.05) is 6.07 Å². The average Bonchev–Trinajstić information content (AvgIpc) is 3.18. The lowest BCUT2D eigenvalue weighted by molar-refractivity contribution is 0.267. The van der Waals surface area contributed by atoms with Gasteiger partial charge in [-0.3, -0.25) is 4.99 Å². The molecule has 0 saturated heterocycles. The van der Waals surface area contributed by atoms with Gasteiger partial charge in [-0.25, -0.2) is 0 Å². The first-order chi connectivity index (χ1) is 12.3. The molecular formula is C20H27N3OS. The lowest BCUT2D eigenvalue weighted by Crippen LogP contribution is -2.40. The summed E-state index contributed by atoms with van der Waals surface area (Å²) in [5.74, 6) is 2.82. The maximum atomic E-state index is 5.76. The van der Waals surface area contributed by atoms with Crippen molar-refractivity contribution in [2.75, 3.05) is 26.2 Å². The highest BCUT2D eigenvalue weighted by Gasteiger charge is 2.21. The Bertz CT molecular complexity index is 684. The normalized spacial score (nSPS) is 18.2. The number of hydrogen-bond acceptors (Lipinski definition) is 3. The SMILES string of the molecule is CCNC(=NCC(C)c1ccsc1)NCC1CCOc2ccccc21. The van der Waals surface area contributed by atoms with Gasteiger partial charge in [0.05, 0.1) is 6.61 Å². The molecule has 2 N–H and O–H groups in total. The van der Waals surface area contributed by atoms with Crippen molar-refractivity contribution >= 4 is 17.3 Å². The van der Waals surface area contributed by atoms with Gasteiger partial charge in [0.2, 0.25) is 0 Å². The van der Waals surface area contributed by atoms with Gasteiger partial charge in [-0.2, -0.15) is 11.3 Å².